The second kappa shape index (κ2) is 7.20. The Morgan fingerprint density at radius 1 is 1.36 bits per heavy atom. The summed E-state index contributed by atoms with van der Waals surface area (Å²) < 4.78 is 25.0. The van der Waals surface area contributed by atoms with Crippen LogP contribution in [0.15, 0.2) is 0 Å². The molecule has 0 aromatic carbocycles. The lowest BCUT2D eigenvalue weighted by atomic mass is 10.4. The quantitative estimate of drug-likeness (QED) is 0.559. The van der Waals surface area contributed by atoms with E-state index in [1.54, 1.807) is 0 Å². The van der Waals surface area contributed by atoms with Gasteiger partial charge in [-0.05, 0) is 0 Å². The molecule has 0 aliphatic rings. The third-order valence-electron chi connectivity index (χ3n) is 1.48. The summed E-state index contributed by atoms with van der Waals surface area (Å²) in [6, 6.07) is -0.990. The predicted molar refractivity (Wildman–Crippen MR) is 53.7 cm³/mol. The van der Waals surface area contributed by atoms with Crippen LogP contribution < -0.4 is 5.73 Å². The molecule has 2 N–H and O–H groups in total. The van der Waals surface area contributed by atoms with E-state index in [0.29, 0.717) is 0 Å². The fourth-order valence-electron chi connectivity index (χ4n) is 0.690. The smallest absolute Gasteiger partial charge is 0.332 e. The number of rotatable bonds is 5. The van der Waals surface area contributed by atoms with Gasteiger partial charge in [0.1, 0.15) is 6.04 Å². The van der Waals surface area contributed by atoms with Crippen molar-refractivity contribution >= 4 is 26.0 Å². The van der Waals surface area contributed by atoms with Gasteiger partial charge in [0.05, 0.1) is 13.3 Å². The summed E-state index contributed by atoms with van der Waals surface area (Å²) in [5.74, 6) is -0.644. The van der Waals surface area contributed by atoms with Crippen LogP contribution in [0, 0.1) is 0 Å². The molecule has 6 nitrogen and oxygen atoms in total. The van der Waals surface area contributed by atoms with Crippen LogP contribution in [0.1, 0.15) is 0 Å². The van der Waals surface area contributed by atoms with Crippen molar-refractivity contribution < 1.29 is 23.1 Å². The topological polar surface area (TPSA) is 87.9 Å². The van der Waals surface area contributed by atoms with E-state index in [1.165, 1.54) is 21.3 Å². The lowest BCUT2D eigenvalue weighted by Gasteiger charge is -2.16. The first-order valence-corrected chi connectivity index (χ1v) is 5.26. The minimum Gasteiger partial charge on any atom is -0.468 e. The number of carbonyl (C=O) groups is 1. The normalized spacial score (nSPS) is 12.9. The molecule has 0 spiro atoms. The Balaban J connectivity index is 0. The van der Waals surface area contributed by atoms with E-state index < -0.39 is 19.6 Å². The van der Waals surface area contributed by atoms with E-state index in [1.807, 2.05) is 0 Å². The number of nitrogens with two attached hydrogens (primary N) is 1. The van der Waals surface area contributed by atoms with Gasteiger partial charge in [0.15, 0.2) is 0 Å². The summed E-state index contributed by atoms with van der Waals surface area (Å²) in [4.78, 5) is 10.8. The molecule has 0 heterocycles. The van der Waals surface area contributed by atoms with Gasteiger partial charge in [-0.2, -0.15) is 0 Å². The van der Waals surface area contributed by atoms with E-state index >= 15 is 0 Å². The summed E-state index contributed by atoms with van der Waals surface area (Å²) in [6.07, 6.45) is -0.188. The van der Waals surface area contributed by atoms with Gasteiger partial charge in [0.25, 0.3) is 0 Å². The third kappa shape index (κ3) is 4.93. The standard InChI is InChI=1S/C6H14NO5P.ClH/c1-10-6(8)5(7)4-13(9,11-2)12-3;/h5H,4,7H2,1-3H3;1H. The van der Waals surface area contributed by atoms with Gasteiger partial charge >= 0.3 is 13.6 Å². The van der Waals surface area contributed by atoms with Crippen molar-refractivity contribution in [1.29, 1.82) is 0 Å². The lowest BCUT2D eigenvalue weighted by Crippen LogP contribution is -2.35. The molecule has 0 saturated carbocycles. The summed E-state index contributed by atoms with van der Waals surface area (Å²) in [6.45, 7) is 0. The Morgan fingerprint density at radius 2 is 1.79 bits per heavy atom. The number of carbonyl (C=O) groups excluding carboxylic acids is 1. The zero-order valence-corrected chi connectivity index (χ0v) is 9.97. The maximum Gasteiger partial charge on any atom is 0.332 e. The van der Waals surface area contributed by atoms with Gasteiger partial charge in [-0.3, -0.25) is 9.36 Å². The van der Waals surface area contributed by atoms with Crippen LogP contribution in [0.3, 0.4) is 0 Å². The second-order valence-corrected chi connectivity index (χ2v) is 4.61. The number of esters is 1. The Bertz CT molecular complexity index is 216. The molecule has 0 aromatic rings. The van der Waals surface area contributed by atoms with Crippen molar-refractivity contribution in [2.45, 2.75) is 6.04 Å². The average molecular weight is 248 g/mol. The molecule has 0 aliphatic carbocycles. The van der Waals surface area contributed by atoms with Crippen LogP contribution in [0.2, 0.25) is 0 Å². The van der Waals surface area contributed by atoms with Crippen molar-refractivity contribution in [1.82, 2.24) is 0 Å². The van der Waals surface area contributed by atoms with E-state index in [-0.39, 0.29) is 18.6 Å². The van der Waals surface area contributed by atoms with Crippen molar-refractivity contribution in [3.05, 3.63) is 0 Å². The highest BCUT2D eigenvalue weighted by molar-refractivity contribution is 7.53. The summed E-state index contributed by atoms with van der Waals surface area (Å²) >= 11 is 0. The second-order valence-electron chi connectivity index (χ2n) is 2.29. The SMILES string of the molecule is COC(=O)C(N)CP(=O)(OC)OC.Cl. The van der Waals surface area contributed by atoms with Crippen molar-refractivity contribution in [3.8, 4) is 0 Å². The van der Waals surface area contributed by atoms with Gasteiger partial charge in [0, 0.05) is 14.2 Å². The monoisotopic (exact) mass is 247 g/mol. The van der Waals surface area contributed by atoms with Crippen molar-refractivity contribution in [3.63, 3.8) is 0 Å². The van der Waals surface area contributed by atoms with Gasteiger partial charge in [-0.1, -0.05) is 0 Å². The molecule has 8 heteroatoms. The lowest BCUT2D eigenvalue weighted by molar-refractivity contribution is -0.141. The zero-order chi connectivity index (χ0) is 10.5. The molecule has 0 aliphatic heterocycles. The predicted octanol–water partition coefficient (Wildman–Crippen LogP) is 0.394. The highest BCUT2D eigenvalue weighted by Gasteiger charge is 2.28. The summed E-state index contributed by atoms with van der Waals surface area (Å²) in [5, 5.41) is 0. The first-order chi connectivity index (χ1) is 5.99. The number of methoxy groups -OCH3 is 1. The molecule has 0 rings (SSSR count). The van der Waals surface area contributed by atoms with Crippen LogP contribution in [0.25, 0.3) is 0 Å². The molecule has 14 heavy (non-hydrogen) atoms. The summed E-state index contributed by atoms with van der Waals surface area (Å²) in [7, 11) is 0.432. The van der Waals surface area contributed by atoms with E-state index in [9.17, 15) is 9.36 Å². The highest BCUT2D eigenvalue weighted by Crippen LogP contribution is 2.46. The maximum absolute atomic E-state index is 11.4. The van der Waals surface area contributed by atoms with E-state index in [2.05, 4.69) is 13.8 Å². The van der Waals surface area contributed by atoms with Gasteiger partial charge < -0.3 is 19.5 Å². The van der Waals surface area contributed by atoms with E-state index in [0.717, 1.165) is 0 Å². The number of hydrogen-bond donors (Lipinski definition) is 1. The average Bonchev–Trinajstić information content (AvgIpc) is 2.16. The zero-order valence-electron chi connectivity index (χ0n) is 8.26. The minimum absolute atomic E-state index is 0. The van der Waals surface area contributed by atoms with E-state index in [4.69, 9.17) is 5.73 Å². The minimum atomic E-state index is -3.23. The Kier molecular flexibility index (Phi) is 8.39. The summed E-state index contributed by atoms with van der Waals surface area (Å²) in [5.41, 5.74) is 5.36. The molecule has 1 atom stereocenters. The molecule has 0 saturated heterocycles. The van der Waals surface area contributed by atoms with Crippen LogP contribution in [-0.4, -0.2) is 39.5 Å². The van der Waals surface area contributed by atoms with Crippen LogP contribution in [0.4, 0.5) is 0 Å². The number of halogens is 1. The Hall–Kier alpha value is -0.130. The first kappa shape index (κ1) is 16.3. The molecule has 0 amide bonds. The van der Waals surface area contributed by atoms with Gasteiger partial charge in [-0.25, -0.2) is 0 Å². The van der Waals surface area contributed by atoms with Crippen LogP contribution in [0.5, 0.6) is 0 Å². The molecule has 0 fully saturated rings. The fourth-order valence-corrected chi connectivity index (χ4v) is 1.77. The Morgan fingerprint density at radius 3 is 2.07 bits per heavy atom. The largest absolute Gasteiger partial charge is 0.468 e. The molecule has 0 aromatic heterocycles. The highest BCUT2D eigenvalue weighted by atomic mass is 35.5. The maximum atomic E-state index is 11.4. The van der Waals surface area contributed by atoms with Gasteiger partial charge in [0.2, 0.25) is 0 Å². The molecule has 1 unspecified atom stereocenters. The number of ether oxygens (including phenoxy) is 1. The number of hydrogen-bond acceptors (Lipinski definition) is 6. The van der Waals surface area contributed by atoms with Crippen molar-refractivity contribution in [2.24, 2.45) is 5.73 Å². The van der Waals surface area contributed by atoms with Crippen LogP contribution >= 0.6 is 20.0 Å². The molecular weight excluding hydrogens is 232 g/mol. The van der Waals surface area contributed by atoms with Crippen LogP contribution in [-0.2, 0) is 23.1 Å². The molecule has 0 radical (unpaired) electrons. The molecule has 86 valence electrons. The van der Waals surface area contributed by atoms with Crippen molar-refractivity contribution in [2.75, 3.05) is 27.5 Å². The first-order valence-electron chi connectivity index (χ1n) is 3.53. The third-order valence-corrected chi connectivity index (χ3v) is 3.43. The van der Waals surface area contributed by atoms with Gasteiger partial charge in [-0.15, -0.1) is 12.4 Å². The fraction of sp³-hybridized carbons (Fsp3) is 0.833. The Labute approximate surface area is 89.0 Å². The molecular formula is C6H15ClNO5P. The molecule has 0 bridgehead atoms.